The Morgan fingerprint density at radius 2 is 1.86 bits per heavy atom. The van der Waals surface area contributed by atoms with Gasteiger partial charge in [0.15, 0.2) is 0 Å². The van der Waals surface area contributed by atoms with Crippen molar-refractivity contribution < 1.29 is 19.7 Å². The van der Waals surface area contributed by atoms with E-state index in [4.69, 9.17) is 9.84 Å². The van der Waals surface area contributed by atoms with Gasteiger partial charge in [0, 0.05) is 48.6 Å². The number of fused-ring (bicyclic) bond motifs is 2. The number of carbonyl (C=O) groups excluding carboxylic acids is 1. The number of hydrogen-bond acceptors (Lipinski definition) is 5. The average Bonchev–Trinajstić information content (AvgIpc) is 3.29. The SMILES string of the molecule is O=C1Nc2ccccc2C1=C1OCc2cc(CCN(CCO)CCCO)ccc21. The highest BCUT2D eigenvalue weighted by molar-refractivity contribution is 6.36. The number of nitrogens with one attached hydrogen (secondary N) is 1. The first-order valence-corrected chi connectivity index (χ1v) is 10.1. The summed E-state index contributed by atoms with van der Waals surface area (Å²) in [4.78, 5) is 14.7. The molecule has 2 aromatic rings. The summed E-state index contributed by atoms with van der Waals surface area (Å²) >= 11 is 0. The second kappa shape index (κ2) is 8.78. The standard InChI is InChI=1S/C23H26N2O4/c26-12-3-9-25(11-13-27)10-8-16-6-7-18-17(14-16)15-29-22(18)21-19-4-1-2-5-20(19)24-23(21)28/h1-2,4-7,14,26-27H,3,8-13,15H2,(H,24,28). The van der Waals surface area contributed by atoms with Gasteiger partial charge >= 0.3 is 0 Å². The Hall–Kier alpha value is -2.67. The molecule has 6 heteroatoms. The van der Waals surface area contributed by atoms with Crippen molar-refractivity contribution in [1.82, 2.24) is 4.90 Å². The first-order chi connectivity index (χ1) is 14.2. The molecule has 1 amide bonds. The number of rotatable bonds is 8. The molecule has 2 heterocycles. The Morgan fingerprint density at radius 1 is 1.00 bits per heavy atom. The minimum atomic E-state index is -0.123. The first kappa shape index (κ1) is 19.6. The van der Waals surface area contributed by atoms with Crippen LogP contribution in [0.15, 0.2) is 42.5 Å². The largest absolute Gasteiger partial charge is 0.487 e. The van der Waals surface area contributed by atoms with Crippen molar-refractivity contribution in [3.63, 3.8) is 0 Å². The summed E-state index contributed by atoms with van der Waals surface area (Å²) in [6.45, 7) is 2.94. The van der Waals surface area contributed by atoms with Crippen molar-refractivity contribution in [3.8, 4) is 0 Å². The molecule has 0 fully saturated rings. The molecule has 0 atom stereocenters. The quantitative estimate of drug-likeness (QED) is 0.599. The fraction of sp³-hybridized carbons (Fsp3) is 0.348. The molecule has 152 valence electrons. The molecule has 2 aliphatic rings. The lowest BCUT2D eigenvalue weighted by molar-refractivity contribution is -0.110. The van der Waals surface area contributed by atoms with Gasteiger partial charge in [-0.1, -0.05) is 36.4 Å². The molecule has 0 aromatic heterocycles. The minimum Gasteiger partial charge on any atom is -0.487 e. The van der Waals surface area contributed by atoms with Gasteiger partial charge in [0.1, 0.15) is 12.4 Å². The van der Waals surface area contributed by atoms with Gasteiger partial charge in [0.05, 0.1) is 12.2 Å². The third-order valence-corrected chi connectivity index (χ3v) is 5.45. The van der Waals surface area contributed by atoms with Crippen LogP contribution in [-0.2, 0) is 22.6 Å². The molecule has 3 N–H and O–H groups in total. The summed E-state index contributed by atoms with van der Waals surface area (Å²) in [7, 11) is 0. The van der Waals surface area contributed by atoms with Crippen LogP contribution in [0.25, 0.3) is 11.3 Å². The van der Waals surface area contributed by atoms with Crippen LogP contribution >= 0.6 is 0 Å². The van der Waals surface area contributed by atoms with Crippen molar-refractivity contribution in [3.05, 3.63) is 64.7 Å². The van der Waals surface area contributed by atoms with E-state index < -0.39 is 0 Å². The molecule has 2 aromatic carbocycles. The summed E-state index contributed by atoms with van der Waals surface area (Å²) in [5.41, 5.74) is 5.56. The number of aliphatic hydroxyl groups is 2. The highest BCUT2D eigenvalue weighted by Gasteiger charge is 2.32. The Labute approximate surface area is 170 Å². The summed E-state index contributed by atoms with van der Waals surface area (Å²) in [5, 5.41) is 21.2. The molecular weight excluding hydrogens is 368 g/mol. The molecule has 0 aliphatic carbocycles. The van der Waals surface area contributed by atoms with Gasteiger partial charge in [0.25, 0.3) is 5.91 Å². The number of para-hydroxylation sites is 1. The Bertz CT molecular complexity index is 938. The second-order valence-electron chi connectivity index (χ2n) is 7.38. The number of benzene rings is 2. The number of aliphatic hydroxyl groups excluding tert-OH is 2. The van der Waals surface area contributed by atoms with Crippen molar-refractivity contribution in [2.24, 2.45) is 0 Å². The lowest BCUT2D eigenvalue weighted by Crippen LogP contribution is -2.30. The zero-order valence-electron chi connectivity index (χ0n) is 16.4. The predicted molar refractivity (Wildman–Crippen MR) is 112 cm³/mol. The number of amides is 1. The smallest absolute Gasteiger partial charge is 0.260 e. The Balaban J connectivity index is 1.54. The lowest BCUT2D eigenvalue weighted by atomic mass is 9.98. The van der Waals surface area contributed by atoms with Gasteiger partial charge in [-0.05, 0) is 24.5 Å². The maximum absolute atomic E-state index is 12.5. The Kier molecular flexibility index (Phi) is 5.94. The van der Waals surface area contributed by atoms with E-state index in [9.17, 15) is 9.90 Å². The van der Waals surface area contributed by atoms with E-state index in [1.165, 1.54) is 5.56 Å². The topological polar surface area (TPSA) is 82.0 Å². The molecule has 29 heavy (non-hydrogen) atoms. The third kappa shape index (κ3) is 4.05. The van der Waals surface area contributed by atoms with Crippen LogP contribution in [0.3, 0.4) is 0 Å². The van der Waals surface area contributed by atoms with Gasteiger partial charge in [-0.25, -0.2) is 0 Å². The molecule has 0 radical (unpaired) electrons. The molecule has 0 unspecified atom stereocenters. The van der Waals surface area contributed by atoms with Crippen LogP contribution in [0.4, 0.5) is 5.69 Å². The van der Waals surface area contributed by atoms with Crippen molar-refractivity contribution in [2.75, 3.05) is 38.2 Å². The highest BCUT2D eigenvalue weighted by Crippen LogP contribution is 2.41. The summed E-state index contributed by atoms with van der Waals surface area (Å²) in [6, 6.07) is 13.9. The fourth-order valence-corrected chi connectivity index (χ4v) is 3.98. The van der Waals surface area contributed by atoms with E-state index in [-0.39, 0.29) is 19.1 Å². The molecule has 6 nitrogen and oxygen atoms in total. The summed E-state index contributed by atoms with van der Waals surface area (Å²) in [6.07, 6.45) is 1.56. The lowest BCUT2D eigenvalue weighted by Gasteiger charge is -2.20. The zero-order valence-corrected chi connectivity index (χ0v) is 16.4. The Morgan fingerprint density at radius 3 is 2.69 bits per heavy atom. The van der Waals surface area contributed by atoms with Crippen molar-refractivity contribution in [2.45, 2.75) is 19.4 Å². The predicted octanol–water partition coefficient (Wildman–Crippen LogP) is 2.26. The van der Waals surface area contributed by atoms with Crippen LogP contribution in [0.2, 0.25) is 0 Å². The van der Waals surface area contributed by atoms with E-state index in [2.05, 4.69) is 22.3 Å². The maximum Gasteiger partial charge on any atom is 0.260 e. The average molecular weight is 394 g/mol. The van der Waals surface area contributed by atoms with Crippen LogP contribution in [0.5, 0.6) is 0 Å². The molecular formula is C23H26N2O4. The molecule has 0 spiro atoms. The molecule has 0 bridgehead atoms. The van der Waals surface area contributed by atoms with Gasteiger partial charge in [-0.2, -0.15) is 0 Å². The van der Waals surface area contributed by atoms with E-state index in [0.29, 0.717) is 30.9 Å². The van der Waals surface area contributed by atoms with E-state index >= 15 is 0 Å². The normalized spacial score (nSPS) is 17.3. The van der Waals surface area contributed by atoms with Crippen LogP contribution < -0.4 is 5.32 Å². The molecule has 2 aliphatic heterocycles. The molecule has 0 saturated carbocycles. The van der Waals surface area contributed by atoms with Gasteiger partial charge < -0.3 is 25.2 Å². The second-order valence-corrected chi connectivity index (χ2v) is 7.38. The van der Waals surface area contributed by atoms with E-state index in [1.807, 2.05) is 30.3 Å². The van der Waals surface area contributed by atoms with Crippen LogP contribution in [0.1, 0.15) is 28.7 Å². The highest BCUT2D eigenvalue weighted by atomic mass is 16.5. The number of carbonyl (C=O) groups is 1. The zero-order chi connectivity index (χ0) is 20.2. The van der Waals surface area contributed by atoms with Crippen LogP contribution in [-0.4, -0.2) is 53.9 Å². The number of anilines is 1. The van der Waals surface area contributed by atoms with E-state index in [1.54, 1.807) is 0 Å². The van der Waals surface area contributed by atoms with Gasteiger partial charge in [-0.3, -0.25) is 4.79 Å². The van der Waals surface area contributed by atoms with Crippen molar-refractivity contribution in [1.29, 1.82) is 0 Å². The summed E-state index contributed by atoms with van der Waals surface area (Å²) < 4.78 is 5.95. The summed E-state index contributed by atoms with van der Waals surface area (Å²) in [5.74, 6) is 0.528. The molecule has 4 rings (SSSR count). The third-order valence-electron chi connectivity index (χ3n) is 5.45. The first-order valence-electron chi connectivity index (χ1n) is 10.1. The fourth-order valence-electron chi connectivity index (χ4n) is 3.98. The number of hydrogen-bond donors (Lipinski definition) is 3. The van der Waals surface area contributed by atoms with Gasteiger partial charge in [-0.15, -0.1) is 0 Å². The van der Waals surface area contributed by atoms with Crippen LogP contribution in [0, 0.1) is 0 Å². The van der Waals surface area contributed by atoms with Crippen molar-refractivity contribution >= 4 is 22.9 Å². The van der Waals surface area contributed by atoms with Gasteiger partial charge in [0.2, 0.25) is 0 Å². The number of nitrogens with zero attached hydrogens (tertiary/aromatic N) is 1. The van der Waals surface area contributed by atoms with E-state index in [0.717, 1.165) is 41.9 Å². The monoisotopic (exact) mass is 394 g/mol. The molecule has 0 saturated heterocycles. The minimum absolute atomic E-state index is 0.115. The number of ether oxygens (including phenoxy) is 1. The maximum atomic E-state index is 12.5.